The summed E-state index contributed by atoms with van der Waals surface area (Å²) in [6.07, 6.45) is 4.96. The SMILES string of the molecule is CCN(CC1CCNCC1)c1c(F)cc2c(=O)c(C(=O)O)cn(C3CC3)c2c1C#N. The minimum atomic E-state index is -1.35. The van der Waals surface area contributed by atoms with Crippen LogP contribution in [0.4, 0.5) is 10.1 Å². The van der Waals surface area contributed by atoms with Crippen LogP contribution in [0.3, 0.4) is 0 Å². The number of aromatic nitrogens is 1. The van der Waals surface area contributed by atoms with Crippen molar-refractivity contribution in [3.8, 4) is 6.07 Å². The van der Waals surface area contributed by atoms with Crippen LogP contribution in [0.25, 0.3) is 10.9 Å². The highest BCUT2D eigenvalue weighted by Crippen LogP contribution is 2.40. The monoisotopic (exact) mass is 412 g/mol. The van der Waals surface area contributed by atoms with Gasteiger partial charge in [0.1, 0.15) is 23.0 Å². The number of nitrogens with one attached hydrogen (secondary N) is 1. The Morgan fingerprint density at radius 3 is 2.63 bits per heavy atom. The fraction of sp³-hybridized carbons (Fsp3) is 0.500. The quantitative estimate of drug-likeness (QED) is 0.757. The van der Waals surface area contributed by atoms with Crippen molar-refractivity contribution in [3.63, 3.8) is 0 Å². The molecule has 0 unspecified atom stereocenters. The van der Waals surface area contributed by atoms with Crippen molar-refractivity contribution in [2.75, 3.05) is 31.1 Å². The first-order valence-electron chi connectivity index (χ1n) is 10.5. The normalized spacial score (nSPS) is 17.1. The van der Waals surface area contributed by atoms with Crippen molar-refractivity contribution >= 4 is 22.6 Å². The summed E-state index contributed by atoms with van der Waals surface area (Å²) in [5, 5.41) is 22.7. The van der Waals surface area contributed by atoms with Crippen molar-refractivity contribution in [2.24, 2.45) is 5.92 Å². The van der Waals surface area contributed by atoms with Crippen LogP contribution in [-0.4, -0.2) is 41.8 Å². The van der Waals surface area contributed by atoms with E-state index in [4.69, 9.17) is 0 Å². The lowest BCUT2D eigenvalue weighted by molar-refractivity contribution is 0.0695. The molecule has 1 saturated carbocycles. The highest BCUT2D eigenvalue weighted by Gasteiger charge is 2.31. The number of hydrogen-bond acceptors (Lipinski definition) is 5. The van der Waals surface area contributed by atoms with Crippen molar-refractivity contribution in [2.45, 2.75) is 38.6 Å². The van der Waals surface area contributed by atoms with Gasteiger partial charge in [-0.25, -0.2) is 9.18 Å². The molecule has 2 heterocycles. The van der Waals surface area contributed by atoms with Gasteiger partial charge in [0.25, 0.3) is 0 Å². The summed E-state index contributed by atoms with van der Waals surface area (Å²) in [4.78, 5) is 26.2. The molecule has 1 aromatic carbocycles. The standard InChI is InChI=1S/C22H25FN4O3/c1-2-26(11-13-5-7-25-8-6-13)20-16(10-24)19-15(9-18(20)23)21(28)17(22(29)30)12-27(19)14-3-4-14/h9,12-14,25H,2-8,11H2,1H3,(H,29,30). The molecule has 2 aromatic rings. The maximum Gasteiger partial charge on any atom is 0.341 e. The van der Waals surface area contributed by atoms with Gasteiger partial charge in [-0.15, -0.1) is 0 Å². The Balaban J connectivity index is 1.92. The number of hydrogen-bond donors (Lipinski definition) is 2. The zero-order valence-electron chi connectivity index (χ0n) is 16.9. The van der Waals surface area contributed by atoms with Crippen LogP contribution in [0.1, 0.15) is 54.6 Å². The number of fused-ring (bicyclic) bond motifs is 1. The number of aromatic carboxylic acids is 1. The predicted molar refractivity (Wildman–Crippen MR) is 112 cm³/mol. The first-order chi connectivity index (χ1) is 14.5. The number of anilines is 1. The smallest absolute Gasteiger partial charge is 0.341 e. The Labute approximate surface area is 173 Å². The second-order valence-electron chi connectivity index (χ2n) is 8.14. The first-order valence-corrected chi connectivity index (χ1v) is 10.5. The Morgan fingerprint density at radius 2 is 2.07 bits per heavy atom. The summed E-state index contributed by atoms with van der Waals surface area (Å²) in [7, 11) is 0. The summed E-state index contributed by atoms with van der Waals surface area (Å²) < 4.78 is 17.0. The molecule has 2 aliphatic rings. The van der Waals surface area contributed by atoms with Gasteiger partial charge in [0.2, 0.25) is 5.43 Å². The summed E-state index contributed by atoms with van der Waals surface area (Å²) in [5.41, 5.74) is -0.481. The summed E-state index contributed by atoms with van der Waals surface area (Å²) >= 11 is 0. The molecule has 0 spiro atoms. The van der Waals surface area contributed by atoms with Gasteiger partial charge in [-0.05, 0) is 57.7 Å². The number of carboxylic acid groups (broad SMARTS) is 1. The number of carboxylic acids is 1. The first kappa shape index (κ1) is 20.4. The van der Waals surface area contributed by atoms with Crippen LogP contribution in [0.15, 0.2) is 17.1 Å². The zero-order valence-corrected chi connectivity index (χ0v) is 16.9. The lowest BCUT2D eigenvalue weighted by Gasteiger charge is -2.32. The maximum atomic E-state index is 15.3. The maximum absolute atomic E-state index is 15.3. The number of carbonyl (C=O) groups is 1. The molecule has 8 heteroatoms. The fourth-order valence-electron chi connectivity index (χ4n) is 4.44. The highest BCUT2D eigenvalue weighted by molar-refractivity contribution is 5.96. The fourth-order valence-corrected chi connectivity index (χ4v) is 4.44. The molecule has 30 heavy (non-hydrogen) atoms. The van der Waals surface area contributed by atoms with Gasteiger partial charge in [-0.1, -0.05) is 0 Å². The molecule has 1 aromatic heterocycles. The largest absolute Gasteiger partial charge is 0.477 e. The van der Waals surface area contributed by atoms with Gasteiger partial charge in [-0.2, -0.15) is 5.26 Å². The van der Waals surface area contributed by atoms with E-state index in [2.05, 4.69) is 11.4 Å². The van der Waals surface area contributed by atoms with Crippen LogP contribution in [0, 0.1) is 23.1 Å². The summed E-state index contributed by atoms with van der Waals surface area (Å²) in [6, 6.07) is 3.27. The third-order valence-corrected chi connectivity index (χ3v) is 6.16. The van der Waals surface area contributed by atoms with E-state index in [9.17, 15) is 20.0 Å². The van der Waals surface area contributed by atoms with Gasteiger partial charge in [0.05, 0.1) is 16.6 Å². The molecule has 7 nitrogen and oxygen atoms in total. The molecule has 1 saturated heterocycles. The van der Waals surface area contributed by atoms with Crippen LogP contribution in [0.2, 0.25) is 0 Å². The number of piperidine rings is 1. The molecule has 2 N–H and O–H groups in total. The van der Waals surface area contributed by atoms with E-state index in [0.29, 0.717) is 24.5 Å². The summed E-state index contributed by atoms with van der Waals surface area (Å²) in [5.74, 6) is -1.61. The molecule has 0 amide bonds. The van der Waals surface area contributed by atoms with E-state index in [0.717, 1.165) is 44.8 Å². The number of nitriles is 1. The summed E-state index contributed by atoms with van der Waals surface area (Å²) in [6.45, 7) is 4.94. The van der Waals surface area contributed by atoms with Crippen LogP contribution >= 0.6 is 0 Å². The number of pyridine rings is 1. The Bertz CT molecular complexity index is 1090. The van der Waals surface area contributed by atoms with Gasteiger partial charge in [0.15, 0.2) is 0 Å². The van der Waals surface area contributed by atoms with Crippen LogP contribution in [0.5, 0.6) is 0 Å². The minimum Gasteiger partial charge on any atom is -0.477 e. The van der Waals surface area contributed by atoms with E-state index < -0.39 is 22.8 Å². The van der Waals surface area contributed by atoms with E-state index >= 15 is 4.39 Å². The Morgan fingerprint density at radius 1 is 1.37 bits per heavy atom. The third-order valence-electron chi connectivity index (χ3n) is 6.16. The molecular weight excluding hydrogens is 387 g/mol. The average Bonchev–Trinajstić information content (AvgIpc) is 3.58. The predicted octanol–water partition coefficient (Wildman–Crippen LogP) is 2.87. The zero-order chi connectivity index (χ0) is 21.4. The van der Waals surface area contributed by atoms with E-state index in [-0.39, 0.29) is 22.7 Å². The number of rotatable bonds is 6. The molecular formula is C22H25FN4O3. The molecule has 2 fully saturated rings. The van der Waals surface area contributed by atoms with Crippen molar-refractivity contribution in [3.05, 3.63) is 39.4 Å². The number of halogens is 1. The van der Waals surface area contributed by atoms with Gasteiger partial charge < -0.3 is 19.9 Å². The molecule has 1 aliphatic heterocycles. The van der Waals surface area contributed by atoms with Crippen molar-refractivity contribution < 1.29 is 14.3 Å². The van der Waals surface area contributed by atoms with Crippen molar-refractivity contribution in [1.82, 2.24) is 9.88 Å². The lowest BCUT2D eigenvalue weighted by atomic mass is 9.96. The molecule has 4 rings (SSSR count). The van der Waals surface area contributed by atoms with E-state index in [1.54, 1.807) is 4.57 Å². The van der Waals surface area contributed by atoms with Crippen LogP contribution in [-0.2, 0) is 0 Å². The van der Waals surface area contributed by atoms with Crippen LogP contribution < -0.4 is 15.6 Å². The average molecular weight is 412 g/mol. The molecule has 0 radical (unpaired) electrons. The molecule has 158 valence electrons. The lowest BCUT2D eigenvalue weighted by Crippen LogP contribution is -2.37. The molecule has 1 aliphatic carbocycles. The number of benzene rings is 1. The van der Waals surface area contributed by atoms with E-state index in [1.807, 2.05) is 11.8 Å². The Hall–Kier alpha value is -2.92. The highest BCUT2D eigenvalue weighted by atomic mass is 19.1. The topological polar surface area (TPSA) is 98.4 Å². The molecule has 0 bridgehead atoms. The van der Waals surface area contributed by atoms with Crippen molar-refractivity contribution in [1.29, 1.82) is 5.26 Å². The second-order valence-corrected chi connectivity index (χ2v) is 8.14. The van der Waals surface area contributed by atoms with E-state index in [1.165, 1.54) is 6.20 Å². The molecule has 0 atom stereocenters. The van der Waals surface area contributed by atoms with Gasteiger partial charge in [0, 0.05) is 25.3 Å². The third kappa shape index (κ3) is 3.54. The Kier molecular flexibility index (Phi) is 5.48. The van der Waals surface area contributed by atoms with Gasteiger partial charge >= 0.3 is 5.97 Å². The van der Waals surface area contributed by atoms with Gasteiger partial charge in [-0.3, -0.25) is 4.79 Å². The second kappa shape index (κ2) is 8.07. The number of nitrogens with zero attached hydrogens (tertiary/aromatic N) is 3. The minimum absolute atomic E-state index is 0.0242.